The fourth-order valence-corrected chi connectivity index (χ4v) is 3.84. The second kappa shape index (κ2) is 8.31. The largest absolute Gasteiger partial charge is 0.373 e. The molecule has 0 atom stereocenters. The van der Waals surface area contributed by atoms with Crippen molar-refractivity contribution in [3.8, 4) is 5.69 Å². The Morgan fingerprint density at radius 2 is 1.81 bits per heavy atom. The Morgan fingerprint density at radius 3 is 2.55 bits per heavy atom. The molecule has 2 aromatic carbocycles. The number of anilines is 1. The minimum Gasteiger partial charge on any atom is -0.373 e. The third kappa shape index (κ3) is 4.06. The summed E-state index contributed by atoms with van der Waals surface area (Å²) >= 11 is 0. The van der Waals surface area contributed by atoms with Crippen LogP contribution in [-0.2, 0) is 11.3 Å². The molecule has 31 heavy (non-hydrogen) atoms. The number of para-hydroxylation sites is 1. The number of halogens is 1. The van der Waals surface area contributed by atoms with Crippen LogP contribution in [0.15, 0.2) is 65.6 Å². The molecule has 4 aromatic rings. The van der Waals surface area contributed by atoms with Gasteiger partial charge in [0.05, 0.1) is 24.6 Å². The lowest BCUT2D eigenvalue weighted by Crippen LogP contribution is -2.38. The number of nitrogens with one attached hydrogen (secondary N) is 1. The van der Waals surface area contributed by atoms with Crippen LogP contribution >= 0.6 is 0 Å². The highest BCUT2D eigenvalue weighted by atomic mass is 19.1. The van der Waals surface area contributed by atoms with E-state index in [0.717, 1.165) is 37.2 Å². The van der Waals surface area contributed by atoms with Crippen molar-refractivity contribution >= 4 is 17.0 Å². The van der Waals surface area contributed by atoms with E-state index in [1.54, 1.807) is 23.0 Å². The normalized spacial score (nSPS) is 14.9. The summed E-state index contributed by atoms with van der Waals surface area (Å²) in [5, 5.41) is 4.82. The van der Waals surface area contributed by atoms with Gasteiger partial charge in [-0.1, -0.05) is 30.3 Å². The molecule has 0 unspecified atom stereocenters. The van der Waals surface area contributed by atoms with Gasteiger partial charge in [-0.05, 0) is 42.7 Å². The maximum atomic E-state index is 13.0. The molecule has 2 aromatic heterocycles. The molecule has 1 fully saturated rings. The van der Waals surface area contributed by atoms with E-state index in [1.807, 2.05) is 30.3 Å². The van der Waals surface area contributed by atoms with Crippen LogP contribution in [0.2, 0.25) is 0 Å². The Morgan fingerprint density at radius 1 is 1.06 bits per heavy atom. The molecule has 1 aliphatic heterocycles. The van der Waals surface area contributed by atoms with Crippen LogP contribution in [0.4, 0.5) is 10.3 Å². The second-order valence-corrected chi connectivity index (χ2v) is 7.64. The van der Waals surface area contributed by atoms with Gasteiger partial charge in [-0.2, -0.15) is 10.1 Å². The number of hydrogen-bond donors (Lipinski definition) is 1. The number of hydrogen-bond acceptors (Lipinski definition) is 5. The first kappa shape index (κ1) is 19.4. The number of nitrogens with zero attached hydrogens (tertiary/aromatic N) is 4. The lowest BCUT2D eigenvalue weighted by Gasteiger charge is -2.32. The van der Waals surface area contributed by atoms with Crippen LogP contribution in [0, 0.1) is 5.82 Å². The van der Waals surface area contributed by atoms with Crippen molar-refractivity contribution in [1.82, 2.24) is 19.7 Å². The monoisotopic (exact) mass is 419 g/mol. The average molecular weight is 419 g/mol. The summed E-state index contributed by atoms with van der Waals surface area (Å²) in [4.78, 5) is 22.3. The van der Waals surface area contributed by atoms with E-state index in [1.165, 1.54) is 12.1 Å². The number of aromatic amines is 1. The van der Waals surface area contributed by atoms with Gasteiger partial charge in [-0.15, -0.1) is 0 Å². The van der Waals surface area contributed by atoms with Crippen LogP contribution in [0.25, 0.3) is 16.7 Å². The van der Waals surface area contributed by atoms with Gasteiger partial charge in [-0.3, -0.25) is 9.78 Å². The van der Waals surface area contributed by atoms with Crippen molar-refractivity contribution in [2.75, 3.05) is 18.0 Å². The molecule has 0 aliphatic carbocycles. The summed E-state index contributed by atoms with van der Waals surface area (Å²) in [6.07, 6.45) is 3.31. The number of ether oxygens (including phenoxy) is 1. The molecule has 1 N–H and O–H groups in total. The zero-order valence-corrected chi connectivity index (χ0v) is 16.9. The second-order valence-electron chi connectivity index (χ2n) is 7.64. The highest BCUT2D eigenvalue weighted by Crippen LogP contribution is 2.21. The molecule has 1 saturated heterocycles. The van der Waals surface area contributed by atoms with E-state index in [2.05, 4.69) is 15.0 Å². The SMILES string of the molecule is O=c1[nH]c(N2CCC(OCc3ccc(F)cc3)CC2)nc2c1cnn2-c1ccccc1. The number of benzene rings is 2. The smallest absolute Gasteiger partial charge is 0.263 e. The molecule has 0 saturated carbocycles. The van der Waals surface area contributed by atoms with Gasteiger partial charge in [0.25, 0.3) is 5.56 Å². The van der Waals surface area contributed by atoms with Crippen molar-refractivity contribution in [2.45, 2.75) is 25.6 Å². The zero-order valence-electron chi connectivity index (χ0n) is 16.9. The molecule has 1 aliphatic rings. The molecule has 0 amide bonds. The Kier molecular flexibility index (Phi) is 5.21. The summed E-state index contributed by atoms with van der Waals surface area (Å²) in [7, 11) is 0. The van der Waals surface area contributed by atoms with Crippen LogP contribution in [-0.4, -0.2) is 38.9 Å². The molecular weight excluding hydrogens is 397 g/mol. The Labute approximate surface area is 178 Å². The van der Waals surface area contributed by atoms with Crippen LogP contribution in [0.3, 0.4) is 0 Å². The quantitative estimate of drug-likeness (QED) is 0.536. The van der Waals surface area contributed by atoms with Crippen molar-refractivity contribution in [1.29, 1.82) is 0 Å². The number of fused-ring (bicyclic) bond motifs is 1. The zero-order chi connectivity index (χ0) is 21.2. The lowest BCUT2D eigenvalue weighted by molar-refractivity contribution is 0.0249. The molecule has 0 bridgehead atoms. The van der Waals surface area contributed by atoms with Gasteiger partial charge in [0, 0.05) is 13.1 Å². The maximum Gasteiger partial charge on any atom is 0.263 e. The predicted molar refractivity (Wildman–Crippen MR) is 116 cm³/mol. The summed E-state index contributed by atoms with van der Waals surface area (Å²) in [5.41, 5.74) is 2.15. The predicted octanol–water partition coefficient (Wildman–Crippen LogP) is 3.43. The van der Waals surface area contributed by atoms with Crippen molar-refractivity contribution in [3.05, 3.63) is 82.5 Å². The first-order chi connectivity index (χ1) is 15.2. The molecule has 0 radical (unpaired) electrons. The Hall–Kier alpha value is -3.52. The summed E-state index contributed by atoms with van der Waals surface area (Å²) < 4.78 is 20.7. The topological polar surface area (TPSA) is 76.0 Å². The van der Waals surface area contributed by atoms with E-state index in [0.29, 0.717) is 23.6 Å². The highest BCUT2D eigenvalue weighted by molar-refractivity contribution is 5.76. The highest BCUT2D eigenvalue weighted by Gasteiger charge is 2.22. The van der Waals surface area contributed by atoms with Crippen LogP contribution in [0.5, 0.6) is 0 Å². The van der Waals surface area contributed by atoms with Crippen LogP contribution < -0.4 is 10.5 Å². The molecular formula is C23H22FN5O2. The maximum absolute atomic E-state index is 13.0. The average Bonchev–Trinajstić information content (AvgIpc) is 3.24. The third-order valence-electron chi connectivity index (χ3n) is 5.57. The minimum absolute atomic E-state index is 0.117. The van der Waals surface area contributed by atoms with Crippen molar-refractivity contribution in [2.24, 2.45) is 0 Å². The number of rotatable bonds is 5. The lowest BCUT2D eigenvalue weighted by atomic mass is 10.1. The van der Waals surface area contributed by atoms with E-state index >= 15 is 0 Å². The van der Waals surface area contributed by atoms with E-state index in [4.69, 9.17) is 9.72 Å². The third-order valence-corrected chi connectivity index (χ3v) is 5.57. The van der Waals surface area contributed by atoms with Crippen LogP contribution in [0.1, 0.15) is 18.4 Å². The molecule has 158 valence electrons. The molecule has 5 rings (SSSR count). The fourth-order valence-electron chi connectivity index (χ4n) is 3.84. The molecule has 3 heterocycles. The minimum atomic E-state index is -0.246. The van der Waals surface area contributed by atoms with Crippen molar-refractivity contribution in [3.63, 3.8) is 0 Å². The van der Waals surface area contributed by atoms with Gasteiger partial charge in [0.15, 0.2) is 5.65 Å². The molecule has 7 nitrogen and oxygen atoms in total. The number of H-pyrrole nitrogens is 1. The first-order valence-corrected chi connectivity index (χ1v) is 10.3. The fraction of sp³-hybridized carbons (Fsp3) is 0.261. The van der Waals surface area contributed by atoms with Gasteiger partial charge in [0.2, 0.25) is 5.95 Å². The summed E-state index contributed by atoms with van der Waals surface area (Å²) in [6, 6.07) is 16.0. The molecule has 8 heteroatoms. The van der Waals surface area contributed by atoms with Gasteiger partial charge >= 0.3 is 0 Å². The first-order valence-electron chi connectivity index (χ1n) is 10.3. The van der Waals surface area contributed by atoms with E-state index in [9.17, 15) is 9.18 Å². The summed E-state index contributed by atoms with van der Waals surface area (Å²) in [5.74, 6) is 0.302. The number of piperidine rings is 1. The number of aromatic nitrogens is 4. The van der Waals surface area contributed by atoms with Gasteiger partial charge in [-0.25, -0.2) is 9.07 Å². The van der Waals surface area contributed by atoms with Gasteiger partial charge in [0.1, 0.15) is 11.2 Å². The molecule has 0 spiro atoms. The Balaban J connectivity index is 1.29. The van der Waals surface area contributed by atoms with E-state index in [-0.39, 0.29) is 17.5 Å². The van der Waals surface area contributed by atoms with E-state index < -0.39 is 0 Å². The van der Waals surface area contributed by atoms with Crippen molar-refractivity contribution < 1.29 is 9.13 Å². The standard InChI is InChI=1S/C23H22FN5O2/c24-17-8-6-16(7-9-17)15-31-19-10-12-28(13-11-19)23-26-21-20(22(30)27-23)14-25-29(21)18-4-2-1-3-5-18/h1-9,14,19H,10-13,15H2,(H,26,27,30). The van der Waals surface area contributed by atoms with Gasteiger partial charge < -0.3 is 9.64 Å². The Bertz CT molecular complexity index is 1230. The summed E-state index contributed by atoms with van der Waals surface area (Å²) in [6.45, 7) is 1.91.